The third-order valence-corrected chi connectivity index (χ3v) is 3.41. The molecule has 0 bridgehead atoms. The number of fused-ring (bicyclic) bond motifs is 1. The average Bonchev–Trinajstić information content (AvgIpc) is 2.92. The molecule has 104 valence electrons. The van der Waals surface area contributed by atoms with Crippen molar-refractivity contribution in [1.82, 2.24) is 5.16 Å². The lowest BCUT2D eigenvalue weighted by molar-refractivity contribution is 0.0685. The number of aromatic carboxylic acids is 1. The van der Waals surface area contributed by atoms with Crippen molar-refractivity contribution in [2.75, 3.05) is 0 Å². The van der Waals surface area contributed by atoms with E-state index in [1.807, 2.05) is 19.9 Å². The molecule has 0 radical (unpaired) electrons. The minimum absolute atomic E-state index is 0.131. The SMILES string of the molecule is CC1(C)Cc2cc(-c3cc(C(=O)O)no3)cc(Cl)c2O1. The molecule has 0 fully saturated rings. The number of carboxylic acids is 1. The molecular formula is C14H12ClNO4. The van der Waals surface area contributed by atoms with Gasteiger partial charge in [0.2, 0.25) is 0 Å². The molecule has 6 heteroatoms. The Kier molecular flexibility index (Phi) is 2.76. The van der Waals surface area contributed by atoms with Crippen LogP contribution < -0.4 is 4.74 Å². The maximum absolute atomic E-state index is 10.8. The van der Waals surface area contributed by atoms with E-state index in [1.54, 1.807) is 6.07 Å². The predicted molar refractivity (Wildman–Crippen MR) is 72.3 cm³/mol. The quantitative estimate of drug-likeness (QED) is 0.918. The lowest BCUT2D eigenvalue weighted by Gasteiger charge is -2.17. The molecule has 1 aliphatic rings. The van der Waals surface area contributed by atoms with Crippen molar-refractivity contribution in [1.29, 1.82) is 0 Å². The van der Waals surface area contributed by atoms with Crippen LogP contribution in [0.3, 0.4) is 0 Å². The smallest absolute Gasteiger partial charge is 0.358 e. The van der Waals surface area contributed by atoms with E-state index in [0.717, 1.165) is 12.0 Å². The minimum atomic E-state index is -1.13. The van der Waals surface area contributed by atoms with Crippen molar-refractivity contribution < 1.29 is 19.2 Å². The van der Waals surface area contributed by atoms with Crippen LogP contribution in [0.2, 0.25) is 5.02 Å². The lowest BCUT2D eigenvalue weighted by atomic mass is 9.99. The van der Waals surface area contributed by atoms with Gasteiger partial charge >= 0.3 is 5.97 Å². The molecule has 0 spiro atoms. The first-order chi connectivity index (χ1) is 9.35. The number of hydrogen-bond donors (Lipinski definition) is 1. The number of hydrogen-bond acceptors (Lipinski definition) is 4. The Morgan fingerprint density at radius 1 is 1.40 bits per heavy atom. The Labute approximate surface area is 120 Å². The molecule has 1 aromatic carbocycles. The van der Waals surface area contributed by atoms with Gasteiger partial charge in [-0.2, -0.15) is 0 Å². The van der Waals surface area contributed by atoms with Crippen molar-refractivity contribution in [3.63, 3.8) is 0 Å². The van der Waals surface area contributed by atoms with Gasteiger partial charge in [0.1, 0.15) is 11.4 Å². The van der Waals surface area contributed by atoms with Crippen molar-refractivity contribution in [2.24, 2.45) is 0 Å². The molecule has 1 aromatic heterocycles. The van der Waals surface area contributed by atoms with Crippen LogP contribution in [0.25, 0.3) is 11.3 Å². The van der Waals surface area contributed by atoms with Gasteiger partial charge in [-0.05, 0) is 26.0 Å². The molecular weight excluding hydrogens is 282 g/mol. The van der Waals surface area contributed by atoms with Gasteiger partial charge in [0.15, 0.2) is 11.5 Å². The van der Waals surface area contributed by atoms with Gasteiger partial charge in [0.25, 0.3) is 0 Å². The average molecular weight is 294 g/mol. The fourth-order valence-corrected chi connectivity index (χ4v) is 2.60. The number of carbonyl (C=O) groups is 1. The largest absolute Gasteiger partial charge is 0.486 e. The second-order valence-electron chi connectivity index (χ2n) is 5.37. The Bertz CT molecular complexity index is 705. The molecule has 3 rings (SSSR count). The predicted octanol–water partition coefficient (Wildman–Crippen LogP) is 3.41. The number of nitrogens with zero attached hydrogens (tertiary/aromatic N) is 1. The van der Waals surface area contributed by atoms with Crippen LogP contribution in [0.5, 0.6) is 5.75 Å². The van der Waals surface area contributed by atoms with Gasteiger partial charge in [-0.15, -0.1) is 0 Å². The molecule has 1 N–H and O–H groups in total. The summed E-state index contributed by atoms with van der Waals surface area (Å²) < 4.78 is 10.8. The fourth-order valence-electron chi connectivity index (χ4n) is 2.32. The van der Waals surface area contributed by atoms with Crippen LogP contribution in [0, 0.1) is 0 Å². The highest BCUT2D eigenvalue weighted by Crippen LogP contribution is 2.42. The standard InChI is InChI=1S/C14H12ClNO4/c1-14(2)6-8-3-7(4-9(15)12(8)19-14)11-5-10(13(17)18)16-20-11/h3-5H,6H2,1-2H3,(H,17,18). The first-order valence-corrected chi connectivity index (χ1v) is 6.45. The molecule has 0 saturated carbocycles. The highest BCUT2D eigenvalue weighted by atomic mass is 35.5. The summed E-state index contributed by atoms with van der Waals surface area (Å²) in [6.45, 7) is 3.97. The third kappa shape index (κ3) is 2.14. The van der Waals surface area contributed by atoms with E-state index in [2.05, 4.69) is 5.16 Å². The fraction of sp³-hybridized carbons (Fsp3) is 0.286. The molecule has 2 heterocycles. The molecule has 0 saturated heterocycles. The summed E-state index contributed by atoms with van der Waals surface area (Å²) >= 11 is 6.22. The van der Waals surface area contributed by atoms with Gasteiger partial charge in [-0.1, -0.05) is 16.8 Å². The van der Waals surface area contributed by atoms with E-state index in [1.165, 1.54) is 6.07 Å². The maximum Gasteiger partial charge on any atom is 0.358 e. The lowest BCUT2D eigenvalue weighted by Crippen LogP contribution is -2.24. The van der Waals surface area contributed by atoms with E-state index < -0.39 is 5.97 Å². The number of benzene rings is 1. The second-order valence-corrected chi connectivity index (χ2v) is 5.77. The Hall–Kier alpha value is -2.01. The van der Waals surface area contributed by atoms with Gasteiger partial charge < -0.3 is 14.4 Å². The molecule has 20 heavy (non-hydrogen) atoms. The zero-order valence-corrected chi connectivity index (χ0v) is 11.7. The summed E-state index contributed by atoms with van der Waals surface area (Å²) in [7, 11) is 0. The highest BCUT2D eigenvalue weighted by Gasteiger charge is 2.32. The molecule has 2 aromatic rings. The van der Waals surface area contributed by atoms with Crippen LogP contribution in [-0.2, 0) is 6.42 Å². The highest BCUT2D eigenvalue weighted by molar-refractivity contribution is 6.32. The summed E-state index contributed by atoms with van der Waals surface area (Å²) in [5.74, 6) is -0.0769. The van der Waals surface area contributed by atoms with Crippen LogP contribution in [-0.4, -0.2) is 21.8 Å². The summed E-state index contributed by atoms with van der Waals surface area (Å²) in [5.41, 5.74) is 1.24. The molecule has 5 nitrogen and oxygen atoms in total. The maximum atomic E-state index is 10.8. The van der Waals surface area contributed by atoms with Crippen LogP contribution in [0.4, 0.5) is 0 Å². The summed E-state index contributed by atoms with van der Waals surface area (Å²) in [4.78, 5) is 10.8. The monoisotopic (exact) mass is 293 g/mol. The Morgan fingerprint density at radius 3 is 2.80 bits per heavy atom. The van der Waals surface area contributed by atoms with Crippen molar-refractivity contribution >= 4 is 17.6 Å². The summed E-state index contributed by atoms with van der Waals surface area (Å²) in [5, 5.41) is 12.8. The normalized spacial score (nSPS) is 15.8. The molecule has 1 aliphatic heterocycles. The number of halogens is 1. The number of rotatable bonds is 2. The van der Waals surface area contributed by atoms with E-state index in [9.17, 15) is 4.79 Å². The topological polar surface area (TPSA) is 72.6 Å². The minimum Gasteiger partial charge on any atom is -0.486 e. The van der Waals surface area contributed by atoms with Gasteiger partial charge in [-0.25, -0.2) is 4.79 Å². The van der Waals surface area contributed by atoms with Crippen LogP contribution in [0.15, 0.2) is 22.7 Å². The zero-order valence-electron chi connectivity index (χ0n) is 10.9. The van der Waals surface area contributed by atoms with Gasteiger partial charge in [0, 0.05) is 23.6 Å². The van der Waals surface area contributed by atoms with Crippen molar-refractivity contribution in [2.45, 2.75) is 25.9 Å². The molecule has 0 amide bonds. The Balaban J connectivity index is 2.04. The number of aromatic nitrogens is 1. The second kappa shape index (κ2) is 4.24. The number of ether oxygens (including phenoxy) is 1. The molecule has 0 unspecified atom stereocenters. The van der Waals surface area contributed by atoms with Crippen molar-refractivity contribution in [3.05, 3.63) is 34.5 Å². The van der Waals surface area contributed by atoms with E-state index in [-0.39, 0.29) is 11.3 Å². The summed E-state index contributed by atoms with van der Waals surface area (Å²) in [6, 6.07) is 4.96. The molecule has 0 atom stereocenters. The van der Waals surface area contributed by atoms with Crippen molar-refractivity contribution in [3.8, 4) is 17.1 Å². The third-order valence-electron chi connectivity index (χ3n) is 3.13. The zero-order chi connectivity index (χ0) is 14.5. The molecule has 0 aliphatic carbocycles. The number of carboxylic acid groups (broad SMARTS) is 1. The van der Waals surface area contributed by atoms with Gasteiger partial charge in [-0.3, -0.25) is 0 Å². The summed E-state index contributed by atoms with van der Waals surface area (Å²) in [6.07, 6.45) is 0.732. The first-order valence-electron chi connectivity index (χ1n) is 6.07. The first kappa shape index (κ1) is 13.0. The van der Waals surface area contributed by atoms with E-state index in [0.29, 0.717) is 22.1 Å². The van der Waals surface area contributed by atoms with Crippen LogP contribution in [0.1, 0.15) is 29.9 Å². The van der Waals surface area contributed by atoms with Gasteiger partial charge in [0.05, 0.1) is 5.02 Å². The van der Waals surface area contributed by atoms with Crippen LogP contribution >= 0.6 is 11.6 Å². The van der Waals surface area contributed by atoms with E-state index in [4.69, 9.17) is 26.0 Å². The Morgan fingerprint density at radius 2 is 2.15 bits per heavy atom. The van der Waals surface area contributed by atoms with E-state index >= 15 is 0 Å².